The number of pyridine rings is 1. The van der Waals surface area contributed by atoms with Gasteiger partial charge in [-0.25, -0.2) is 0 Å². The van der Waals surface area contributed by atoms with Gasteiger partial charge in [0.05, 0.1) is 23.3 Å². The molecule has 0 spiro atoms. The van der Waals surface area contributed by atoms with Crippen LogP contribution in [0, 0.1) is 0 Å². The van der Waals surface area contributed by atoms with E-state index in [4.69, 9.17) is 10.2 Å². The van der Waals surface area contributed by atoms with Crippen LogP contribution in [0.15, 0.2) is 53.3 Å². The summed E-state index contributed by atoms with van der Waals surface area (Å²) in [5.41, 5.74) is 8.14. The highest BCUT2D eigenvalue weighted by Crippen LogP contribution is 2.30. The molecule has 0 radical (unpaired) electrons. The Balaban J connectivity index is 1.70. The van der Waals surface area contributed by atoms with Crippen LogP contribution in [0.5, 0.6) is 0 Å². The van der Waals surface area contributed by atoms with E-state index in [1.54, 1.807) is 24.5 Å². The number of hydrogen-bond donors (Lipinski definition) is 3. The van der Waals surface area contributed by atoms with Crippen LogP contribution in [-0.4, -0.2) is 27.1 Å². The fourth-order valence-electron chi connectivity index (χ4n) is 3.08. The molecule has 0 saturated carbocycles. The monoisotopic (exact) mass is 349 g/mol. The number of nitrogens with two attached hydrogens (primary N) is 1. The van der Waals surface area contributed by atoms with Crippen LogP contribution in [0.2, 0.25) is 0 Å². The Morgan fingerprint density at radius 1 is 1.35 bits per heavy atom. The van der Waals surface area contributed by atoms with E-state index >= 15 is 0 Å². The van der Waals surface area contributed by atoms with Crippen LogP contribution >= 0.6 is 0 Å². The van der Waals surface area contributed by atoms with Crippen molar-refractivity contribution in [3.8, 4) is 0 Å². The van der Waals surface area contributed by atoms with Crippen molar-refractivity contribution >= 4 is 27.8 Å². The molecule has 0 aliphatic heterocycles. The normalized spacial score (nSPS) is 13.8. The van der Waals surface area contributed by atoms with Crippen molar-refractivity contribution < 1.29 is 9.21 Å². The molecule has 7 heteroatoms. The maximum absolute atomic E-state index is 12.5. The summed E-state index contributed by atoms with van der Waals surface area (Å²) in [6.45, 7) is 1.90. The number of furan rings is 1. The fraction of sp³-hybridized carbons (Fsp3) is 0.211. The molecule has 4 N–H and O–H groups in total. The van der Waals surface area contributed by atoms with Crippen LogP contribution in [-0.2, 0) is 0 Å². The number of aromatic nitrogens is 3. The molecule has 1 aromatic carbocycles. The van der Waals surface area contributed by atoms with Crippen molar-refractivity contribution in [3.05, 3.63) is 60.2 Å². The van der Waals surface area contributed by atoms with Crippen molar-refractivity contribution in [2.24, 2.45) is 5.73 Å². The predicted octanol–water partition coefficient (Wildman–Crippen LogP) is 2.91. The standard InChI is InChI=1S/C19H19N5O2/c1-11(20)7-15(23-19(25)13-3-2-6-21-9-13)17-8-14-16(26-17)5-4-12-10-22-24-18(12)14/h2-6,8-11,15H,7,20H2,1H3,(H,22,24)(H,23,25). The van der Waals surface area contributed by atoms with Gasteiger partial charge in [-0.15, -0.1) is 0 Å². The first-order chi connectivity index (χ1) is 12.6. The zero-order valence-corrected chi connectivity index (χ0v) is 14.3. The summed E-state index contributed by atoms with van der Waals surface area (Å²) in [6, 6.07) is 8.80. The van der Waals surface area contributed by atoms with Gasteiger partial charge in [0, 0.05) is 29.2 Å². The molecule has 3 aromatic heterocycles. The van der Waals surface area contributed by atoms with E-state index in [0.29, 0.717) is 17.7 Å². The number of amides is 1. The van der Waals surface area contributed by atoms with E-state index in [1.165, 1.54) is 6.20 Å². The van der Waals surface area contributed by atoms with Crippen molar-refractivity contribution in [2.75, 3.05) is 0 Å². The van der Waals surface area contributed by atoms with E-state index in [0.717, 1.165) is 21.9 Å². The van der Waals surface area contributed by atoms with Gasteiger partial charge in [0.2, 0.25) is 0 Å². The Morgan fingerprint density at radius 2 is 2.23 bits per heavy atom. The van der Waals surface area contributed by atoms with Gasteiger partial charge in [-0.05, 0) is 43.7 Å². The zero-order valence-electron chi connectivity index (χ0n) is 14.3. The minimum atomic E-state index is -0.340. The van der Waals surface area contributed by atoms with Crippen LogP contribution in [0.3, 0.4) is 0 Å². The first kappa shape index (κ1) is 16.3. The molecule has 2 unspecified atom stereocenters. The lowest BCUT2D eigenvalue weighted by Gasteiger charge is -2.18. The largest absolute Gasteiger partial charge is 0.459 e. The van der Waals surface area contributed by atoms with Crippen LogP contribution in [0.4, 0.5) is 0 Å². The molecule has 3 heterocycles. The molecule has 1 amide bonds. The van der Waals surface area contributed by atoms with Gasteiger partial charge in [-0.1, -0.05) is 0 Å². The summed E-state index contributed by atoms with van der Waals surface area (Å²) in [4.78, 5) is 16.5. The van der Waals surface area contributed by atoms with Gasteiger partial charge in [0.15, 0.2) is 0 Å². The summed E-state index contributed by atoms with van der Waals surface area (Å²) in [5.74, 6) is 0.451. The van der Waals surface area contributed by atoms with Gasteiger partial charge >= 0.3 is 0 Å². The van der Waals surface area contributed by atoms with Gasteiger partial charge in [-0.3, -0.25) is 14.9 Å². The van der Waals surface area contributed by atoms with Crippen LogP contribution < -0.4 is 11.1 Å². The van der Waals surface area contributed by atoms with Crippen molar-refractivity contribution in [1.82, 2.24) is 20.5 Å². The predicted molar refractivity (Wildman–Crippen MR) is 98.6 cm³/mol. The molecule has 0 bridgehead atoms. The summed E-state index contributed by atoms with van der Waals surface area (Å²) < 4.78 is 6.01. The Kier molecular flexibility index (Phi) is 4.14. The van der Waals surface area contributed by atoms with E-state index in [9.17, 15) is 4.79 Å². The molecule has 0 saturated heterocycles. The molecular formula is C19H19N5O2. The number of nitrogens with zero attached hydrogens (tertiary/aromatic N) is 2. The zero-order chi connectivity index (χ0) is 18.1. The highest BCUT2D eigenvalue weighted by Gasteiger charge is 2.22. The maximum Gasteiger partial charge on any atom is 0.253 e. The van der Waals surface area contributed by atoms with Crippen LogP contribution in [0.1, 0.15) is 35.5 Å². The summed E-state index contributed by atoms with van der Waals surface area (Å²) in [5, 5.41) is 12.0. The summed E-state index contributed by atoms with van der Waals surface area (Å²) >= 11 is 0. The lowest BCUT2D eigenvalue weighted by atomic mass is 10.1. The number of H-pyrrole nitrogens is 1. The third kappa shape index (κ3) is 3.04. The number of nitrogens with one attached hydrogen (secondary N) is 2. The number of hydrogen-bond acceptors (Lipinski definition) is 5. The number of benzene rings is 1. The van der Waals surface area contributed by atoms with Gasteiger partial charge in [-0.2, -0.15) is 5.10 Å². The second-order valence-electron chi connectivity index (χ2n) is 6.44. The fourth-order valence-corrected chi connectivity index (χ4v) is 3.08. The Hall–Kier alpha value is -3.19. The second-order valence-corrected chi connectivity index (χ2v) is 6.44. The number of aromatic amines is 1. The van der Waals surface area contributed by atoms with Crippen LogP contribution in [0.25, 0.3) is 21.9 Å². The average Bonchev–Trinajstić information content (AvgIpc) is 3.27. The molecular weight excluding hydrogens is 330 g/mol. The molecule has 4 rings (SSSR count). The van der Waals surface area contributed by atoms with E-state index in [2.05, 4.69) is 20.5 Å². The lowest BCUT2D eigenvalue weighted by Crippen LogP contribution is -2.32. The molecule has 2 atom stereocenters. The average molecular weight is 349 g/mol. The Bertz CT molecular complexity index is 1050. The third-order valence-electron chi connectivity index (χ3n) is 4.31. The quantitative estimate of drug-likeness (QED) is 0.513. The molecule has 4 aromatic rings. The lowest BCUT2D eigenvalue weighted by molar-refractivity contribution is 0.0928. The number of rotatable bonds is 5. The van der Waals surface area contributed by atoms with E-state index in [-0.39, 0.29) is 18.0 Å². The smallest absolute Gasteiger partial charge is 0.253 e. The summed E-state index contributed by atoms with van der Waals surface area (Å²) in [7, 11) is 0. The van der Waals surface area contributed by atoms with Gasteiger partial charge in [0.1, 0.15) is 11.3 Å². The minimum Gasteiger partial charge on any atom is -0.459 e. The Morgan fingerprint density at radius 3 is 3.00 bits per heavy atom. The molecule has 0 aliphatic rings. The summed E-state index contributed by atoms with van der Waals surface area (Å²) in [6.07, 6.45) is 5.49. The highest BCUT2D eigenvalue weighted by atomic mass is 16.3. The van der Waals surface area contributed by atoms with Crippen molar-refractivity contribution in [3.63, 3.8) is 0 Å². The maximum atomic E-state index is 12.5. The molecule has 0 fully saturated rings. The minimum absolute atomic E-state index is 0.102. The highest BCUT2D eigenvalue weighted by molar-refractivity contribution is 6.03. The Labute approximate surface area is 149 Å². The topological polar surface area (TPSA) is 110 Å². The molecule has 26 heavy (non-hydrogen) atoms. The second kappa shape index (κ2) is 6.61. The number of carbonyl (C=O) groups excluding carboxylic acids is 1. The first-order valence-corrected chi connectivity index (χ1v) is 8.44. The van der Waals surface area contributed by atoms with Gasteiger partial charge < -0.3 is 15.5 Å². The van der Waals surface area contributed by atoms with Gasteiger partial charge in [0.25, 0.3) is 5.91 Å². The SMILES string of the molecule is CC(N)CC(NC(=O)c1cccnc1)c1cc2c(ccc3cn[nH]c32)o1. The number of carbonyl (C=O) groups is 1. The first-order valence-electron chi connectivity index (χ1n) is 8.44. The molecule has 7 nitrogen and oxygen atoms in total. The number of fused-ring (bicyclic) bond motifs is 3. The molecule has 0 aliphatic carbocycles. The van der Waals surface area contributed by atoms with E-state index < -0.39 is 0 Å². The van der Waals surface area contributed by atoms with Crippen molar-refractivity contribution in [1.29, 1.82) is 0 Å². The third-order valence-corrected chi connectivity index (χ3v) is 4.31. The molecule has 132 valence electrons. The van der Waals surface area contributed by atoms with E-state index in [1.807, 2.05) is 25.1 Å². The van der Waals surface area contributed by atoms with Crippen molar-refractivity contribution in [2.45, 2.75) is 25.4 Å².